The average molecular weight is 344 g/mol. The van der Waals surface area contributed by atoms with Crippen LogP contribution in [0.15, 0.2) is 53.4 Å². The first-order chi connectivity index (χ1) is 11.5. The van der Waals surface area contributed by atoms with Crippen LogP contribution >= 0.6 is 11.8 Å². The number of thioether (sulfide) groups is 1. The lowest BCUT2D eigenvalue weighted by Crippen LogP contribution is -2.22. The number of amides is 2. The fourth-order valence-electron chi connectivity index (χ4n) is 2.08. The van der Waals surface area contributed by atoms with Gasteiger partial charge in [-0.05, 0) is 37.3 Å². The van der Waals surface area contributed by atoms with Crippen molar-refractivity contribution in [3.05, 3.63) is 48.5 Å². The van der Waals surface area contributed by atoms with Crippen LogP contribution in [0.4, 0.5) is 11.4 Å². The summed E-state index contributed by atoms with van der Waals surface area (Å²) in [7, 11) is 1.53. The second kappa shape index (κ2) is 8.40. The van der Waals surface area contributed by atoms with Crippen molar-refractivity contribution in [1.29, 1.82) is 0 Å². The number of methoxy groups -OCH3 is 1. The van der Waals surface area contributed by atoms with Crippen molar-refractivity contribution in [2.75, 3.05) is 17.7 Å². The smallest absolute Gasteiger partial charge is 0.237 e. The van der Waals surface area contributed by atoms with Crippen molar-refractivity contribution in [1.82, 2.24) is 0 Å². The van der Waals surface area contributed by atoms with Crippen LogP contribution in [0.5, 0.6) is 5.75 Å². The van der Waals surface area contributed by atoms with Crippen molar-refractivity contribution < 1.29 is 14.3 Å². The van der Waals surface area contributed by atoms with Gasteiger partial charge in [0.25, 0.3) is 0 Å². The number of benzene rings is 2. The quantitative estimate of drug-likeness (QED) is 0.783. The van der Waals surface area contributed by atoms with E-state index in [0.29, 0.717) is 17.1 Å². The minimum absolute atomic E-state index is 0.137. The van der Waals surface area contributed by atoms with E-state index in [1.807, 2.05) is 37.3 Å². The number of carbonyl (C=O) groups is 2. The summed E-state index contributed by atoms with van der Waals surface area (Å²) >= 11 is 1.48. The average Bonchev–Trinajstić information content (AvgIpc) is 2.55. The van der Waals surface area contributed by atoms with Gasteiger partial charge in [-0.25, -0.2) is 0 Å². The molecule has 0 fully saturated rings. The molecule has 0 aliphatic heterocycles. The van der Waals surface area contributed by atoms with Gasteiger partial charge in [0, 0.05) is 17.5 Å². The molecule has 2 amide bonds. The zero-order valence-electron chi connectivity index (χ0n) is 13.8. The fourth-order valence-corrected chi connectivity index (χ4v) is 2.97. The molecule has 0 aromatic heterocycles. The summed E-state index contributed by atoms with van der Waals surface area (Å²) in [5.41, 5.74) is 1.12. The van der Waals surface area contributed by atoms with Crippen molar-refractivity contribution in [3.8, 4) is 5.75 Å². The summed E-state index contributed by atoms with van der Waals surface area (Å²) in [6.07, 6.45) is 0. The van der Waals surface area contributed by atoms with Crippen LogP contribution in [0.3, 0.4) is 0 Å². The molecule has 0 heterocycles. The Bertz CT molecular complexity index is 719. The van der Waals surface area contributed by atoms with Crippen molar-refractivity contribution in [3.63, 3.8) is 0 Å². The highest BCUT2D eigenvalue weighted by atomic mass is 32.2. The van der Waals surface area contributed by atoms with E-state index >= 15 is 0 Å². The molecule has 126 valence electrons. The predicted octanol–water partition coefficient (Wildman–Crippen LogP) is 3.77. The zero-order valence-corrected chi connectivity index (χ0v) is 14.6. The molecule has 2 aromatic carbocycles. The number of carbonyl (C=O) groups excluding carboxylic acids is 2. The van der Waals surface area contributed by atoms with E-state index < -0.39 is 0 Å². The molecule has 1 unspecified atom stereocenters. The predicted molar refractivity (Wildman–Crippen MR) is 97.7 cm³/mol. The molecular weight excluding hydrogens is 324 g/mol. The first-order valence-electron chi connectivity index (χ1n) is 7.48. The van der Waals surface area contributed by atoms with Crippen LogP contribution in [0.25, 0.3) is 0 Å². The topological polar surface area (TPSA) is 67.4 Å². The minimum Gasteiger partial charge on any atom is -0.495 e. The van der Waals surface area contributed by atoms with E-state index in [1.54, 1.807) is 18.2 Å². The fraction of sp³-hybridized carbons (Fsp3) is 0.222. The minimum atomic E-state index is -0.276. The van der Waals surface area contributed by atoms with Gasteiger partial charge in [-0.2, -0.15) is 0 Å². The van der Waals surface area contributed by atoms with Crippen molar-refractivity contribution in [2.24, 2.45) is 0 Å². The van der Waals surface area contributed by atoms with E-state index in [4.69, 9.17) is 4.74 Å². The first kappa shape index (κ1) is 17.9. The SMILES string of the molecule is COc1ccc(NC(C)=O)cc1NC(=O)C(C)Sc1ccccc1. The van der Waals surface area contributed by atoms with Crippen LogP contribution in [0.1, 0.15) is 13.8 Å². The van der Waals surface area contributed by atoms with Crippen LogP contribution in [0.2, 0.25) is 0 Å². The summed E-state index contributed by atoms with van der Waals surface area (Å²) in [6, 6.07) is 14.8. The lowest BCUT2D eigenvalue weighted by Gasteiger charge is -2.15. The highest BCUT2D eigenvalue weighted by molar-refractivity contribution is 8.00. The molecule has 1 atom stereocenters. The molecule has 2 N–H and O–H groups in total. The molecular formula is C18H20N2O3S. The number of anilines is 2. The molecule has 0 bridgehead atoms. The summed E-state index contributed by atoms with van der Waals surface area (Å²) in [5.74, 6) is 0.224. The second-order valence-corrected chi connectivity index (χ2v) is 6.57. The first-order valence-corrected chi connectivity index (χ1v) is 8.35. The summed E-state index contributed by atoms with van der Waals surface area (Å²) in [4.78, 5) is 24.7. The number of hydrogen-bond acceptors (Lipinski definition) is 4. The Labute approximate surface area is 145 Å². The third kappa shape index (κ3) is 5.03. The largest absolute Gasteiger partial charge is 0.495 e. The maximum Gasteiger partial charge on any atom is 0.237 e. The molecule has 2 aromatic rings. The maximum absolute atomic E-state index is 12.4. The van der Waals surface area contributed by atoms with E-state index in [0.717, 1.165) is 4.90 Å². The Balaban J connectivity index is 2.10. The van der Waals surface area contributed by atoms with Gasteiger partial charge < -0.3 is 15.4 Å². The van der Waals surface area contributed by atoms with Gasteiger partial charge in [-0.15, -0.1) is 11.8 Å². The van der Waals surface area contributed by atoms with Crippen LogP contribution < -0.4 is 15.4 Å². The summed E-state index contributed by atoms with van der Waals surface area (Å²) in [5, 5.41) is 5.27. The van der Waals surface area contributed by atoms with Crippen LogP contribution in [-0.4, -0.2) is 24.2 Å². The number of nitrogens with one attached hydrogen (secondary N) is 2. The molecule has 0 radical (unpaired) electrons. The molecule has 0 aliphatic carbocycles. The van der Waals surface area contributed by atoms with Gasteiger partial charge in [-0.3, -0.25) is 9.59 Å². The van der Waals surface area contributed by atoms with E-state index in [2.05, 4.69) is 10.6 Å². The van der Waals surface area contributed by atoms with Gasteiger partial charge in [0.2, 0.25) is 11.8 Å². The molecule has 2 rings (SSSR count). The third-order valence-electron chi connectivity index (χ3n) is 3.20. The summed E-state index contributed by atoms with van der Waals surface area (Å²) in [6.45, 7) is 3.28. The molecule has 0 saturated heterocycles. The Morgan fingerprint density at radius 2 is 1.79 bits per heavy atom. The monoisotopic (exact) mass is 344 g/mol. The lowest BCUT2D eigenvalue weighted by atomic mass is 10.2. The second-order valence-electron chi connectivity index (χ2n) is 5.16. The van der Waals surface area contributed by atoms with E-state index in [1.165, 1.54) is 25.8 Å². The van der Waals surface area contributed by atoms with E-state index in [-0.39, 0.29) is 17.1 Å². The highest BCUT2D eigenvalue weighted by Crippen LogP contribution is 2.29. The van der Waals surface area contributed by atoms with Crippen molar-refractivity contribution in [2.45, 2.75) is 24.0 Å². The Morgan fingerprint density at radius 3 is 2.42 bits per heavy atom. The van der Waals surface area contributed by atoms with Gasteiger partial charge >= 0.3 is 0 Å². The molecule has 0 spiro atoms. The molecule has 6 heteroatoms. The van der Waals surface area contributed by atoms with Crippen LogP contribution in [-0.2, 0) is 9.59 Å². The Hall–Kier alpha value is -2.47. The standard InChI is InChI=1S/C18H20N2O3S/c1-12(24-15-7-5-4-6-8-15)18(22)20-16-11-14(19-13(2)21)9-10-17(16)23-3/h4-12H,1-3H3,(H,19,21)(H,20,22). The third-order valence-corrected chi connectivity index (χ3v) is 4.31. The Kier molecular flexibility index (Phi) is 6.26. The lowest BCUT2D eigenvalue weighted by molar-refractivity contribution is -0.115. The van der Waals surface area contributed by atoms with Gasteiger partial charge in [0.05, 0.1) is 18.0 Å². The maximum atomic E-state index is 12.4. The van der Waals surface area contributed by atoms with Gasteiger partial charge in [0.1, 0.15) is 5.75 Å². The highest BCUT2D eigenvalue weighted by Gasteiger charge is 2.16. The van der Waals surface area contributed by atoms with Gasteiger partial charge in [-0.1, -0.05) is 18.2 Å². The molecule has 5 nitrogen and oxygen atoms in total. The van der Waals surface area contributed by atoms with Crippen molar-refractivity contribution >= 4 is 35.0 Å². The van der Waals surface area contributed by atoms with Gasteiger partial charge in [0.15, 0.2) is 0 Å². The summed E-state index contributed by atoms with van der Waals surface area (Å²) < 4.78 is 5.27. The number of hydrogen-bond donors (Lipinski definition) is 2. The number of rotatable bonds is 6. The Morgan fingerprint density at radius 1 is 1.08 bits per heavy atom. The molecule has 0 aliphatic rings. The normalized spacial score (nSPS) is 11.5. The molecule has 0 saturated carbocycles. The zero-order chi connectivity index (χ0) is 17.5. The van der Waals surface area contributed by atoms with Crippen LogP contribution in [0, 0.1) is 0 Å². The number of ether oxygens (including phenoxy) is 1. The molecule has 24 heavy (non-hydrogen) atoms. The van der Waals surface area contributed by atoms with E-state index in [9.17, 15) is 9.59 Å².